The van der Waals surface area contributed by atoms with Crippen LogP contribution in [0.5, 0.6) is 0 Å². The lowest BCUT2D eigenvalue weighted by Gasteiger charge is -2.25. The van der Waals surface area contributed by atoms with Gasteiger partial charge in [-0.2, -0.15) is 0 Å². The van der Waals surface area contributed by atoms with Gasteiger partial charge in [0.2, 0.25) is 5.95 Å². The Balaban J connectivity index is 1.47. The zero-order chi connectivity index (χ0) is 23.5. The molecule has 3 aromatic rings. The molecule has 0 bridgehead atoms. The van der Waals surface area contributed by atoms with Crippen LogP contribution in [0.1, 0.15) is 68.7 Å². The number of benzene rings is 1. The third-order valence-corrected chi connectivity index (χ3v) is 7.64. The number of aliphatic hydroxyl groups is 1. The Morgan fingerprint density at radius 3 is 2.56 bits per heavy atom. The second-order valence-corrected chi connectivity index (χ2v) is 9.83. The molecule has 7 heteroatoms. The minimum Gasteiger partial charge on any atom is -0.393 e. The highest BCUT2D eigenvalue weighted by molar-refractivity contribution is 5.81. The molecular formula is C27H37N5O2. The van der Waals surface area contributed by atoms with Crippen LogP contribution in [0.3, 0.4) is 0 Å². The maximum atomic E-state index is 10.0. The molecule has 0 spiro atoms. The van der Waals surface area contributed by atoms with Crippen molar-refractivity contribution < 1.29 is 9.84 Å². The molecule has 182 valence electrons. The van der Waals surface area contributed by atoms with Gasteiger partial charge in [-0.1, -0.05) is 24.3 Å². The number of hydrogen-bond donors (Lipinski definition) is 2. The van der Waals surface area contributed by atoms with E-state index >= 15 is 0 Å². The molecule has 3 heterocycles. The van der Waals surface area contributed by atoms with Crippen molar-refractivity contribution in [2.45, 2.75) is 63.5 Å². The summed E-state index contributed by atoms with van der Waals surface area (Å²) in [6.07, 6.45) is 8.03. The smallest absolute Gasteiger partial charge is 0.241 e. The van der Waals surface area contributed by atoms with Gasteiger partial charge in [0.1, 0.15) is 0 Å². The van der Waals surface area contributed by atoms with Crippen molar-refractivity contribution in [1.82, 2.24) is 19.5 Å². The van der Waals surface area contributed by atoms with Crippen molar-refractivity contribution in [3.05, 3.63) is 47.8 Å². The molecule has 2 aliphatic rings. The molecule has 7 nitrogen and oxygen atoms in total. The molecule has 2 aromatic heterocycles. The van der Waals surface area contributed by atoms with E-state index in [0.717, 1.165) is 31.2 Å². The van der Waals surface area contributed by atoms with Crippen LogP contribution < -0.4 is 5.32 Å². The topological polar surface area (TPSA) is 74.9 Å². The number of nitrogens with one attached hydrogen (secondary N) is 1. The van der Waals surface area contributed by atoms with Gasteiger partial charge in [0.15, 0.2) is 0 Å². The van der Waals surface area contributed by atoms with Gasteiger partial charge in [-0.25, -0.2) is 9.50 Å². The van der Waals surface area contributed by atoms with Crippen molar-refractivity contribution in [2.75, 3.05) is 38.7 Å². The molecule has 1 atom stereocenters. The van der Waals surface area contributed by atoms with E-state index in [-0.39, 0.29) is 6.10 Å². The fraction of sp³-hybridized carbons (Fsp3) is 0.556. The molecule has 1 unspecified atom stereocenters. The molecule has 5 rings (SSSR count). The highest BCUT2D eigenvalue weighted by atomic mass is 16.5. The molecular weight excluding hydrogens is 426 g/mol. The zero-order valence-electron chi connectivity index (χ0n) is 20.4. The van der Waals surface area contributed by atoms with Gasteiger partial charge >= 0.3 is 0 Å². The van der Waals surface area contributed by atoms with Gasteiger partial charge in [-0.15, -0.1) is 5.10 Å². The summed E-state index contributed by atoms with van der Waals surface area (Å²) >= 11 is 0. The normalized spacial score (nSPS) is 22.3. The van der Waals surface area contributed by atoms with Crippen molar-refractivity contribution >= 4 is 11.5 Å². The molecule has 34 heavy (non-hydrogen) atoms. The van der Waals surface area contributed by atoms with Gasteiger partial charge in [-0.3, -0.25) is 4.90 Å². The third kappa shape index (κ3) is 4.83. The average Bonchev–Trinajstić information content (AvgIpc) is 3.53. The minimum absolute atomic E-state index is 0.173. The van der Waals surface area contributed by atoms with Crippen LogP contribution in [0.15, 0.2) is 36.5 Å². The summed E-state index contributed by atoms with van der Waals surface area (Å²) in [5.41, 5.74) is 5.98. The fourth-order valence-corrected chi connectivity index (χ4v) is 5.54. The summed E-state index contributed by atoms with van der Waals surface area (Å²) in [6, 6.07) is 11.8. The number of anilines is 1. The van der Waals surface area contributed by atoms with Crippen molar-refractivity contribution in [3.63, 3.8) is 0 Å². The molecule has 2 fully saturated rings. The van der Waals surface area contributed by atoms with Gasteiger partial charge in [0.05, 0.1) is 24.4 Å². The van der Waals surface area contributed by atoms with Crippen LogP contribution in [-0.4, -0.2) is 64.1 Å². The lowest BCUT2D eigenvalue weighted by molar-refractivity contribution is 0.121. The van der Waals surface area contributed by atoms with E-state index in [1.54, 1.807) is 7.11 Å². The average molecular weight is 464 g/mol. The second-order valence-electron chi connectivity index (χ2n) is 9.83. The molecule has 1 aliphatic heterocycles. The summed E-state index contributed by atoms with van der Waals surface area (Å²) in [5, 5.41) is 18.1. The Labute approximate surface area is 202 Å². The largest absolute Gasteiger partial charge is 0.393 e. The molecule has 0 amide bonds. The predicted octanol–water partition coefficient (Wildman–Crippen LogP) is 4.63. The number of aliphatic hydroxyl groups excluding tert-OH is 1. The molecule has 1 saturated heterocycles. The number of fused-ring (bicyclic) bond motifs is 1. The minimum atomic E-state index is -0.173. The zero-order valence-corrected chi connectivity index (χ0v) is 20.4. The third-order valence-electron chi connectivity index (χ3n) is 7.64. The Kier molecular flexibility index (Phi) is 7.13. The Morgan fingerprint density at radius 2 is 1.85 bits per heavy atom. The van der Waals surface area contributed by atoms with E-state index in [9.17, 15) is 5.11 Å². The lowest BCUT2D eigenvalue weighted by atomic mass is 9.85. The number of rotatable bonds is 8. The fourth-order valence-electron chi connectivity index (χ4n) is 5.54. The first-order valence-corrected chi connectivity index (χ1v) is 12.8. The summed E-state index contributed by atoms with van der Waals surface area (Å²) in [7, 11) is 1.69. The number of ether oxygens (including phenoxy) is 1. The van der Waals surface area contributed by atoms with Crippen LogP contribution in [0.4, 0.5) is 5.95 Å². The first kappa shape index (κ1) is 23.3. The second kappa shape index (κ2) is 10.4. The van der Waals surface area contributed by atoms with E-state index in [1.165, 1.54) is 48.3 Å². The number of nitrogens with zero attached hydrogens (tertiary/aromatic N) is 4. The van der Waals surface area contributed by atoms with Crippen LogP contribution in [0.2, 0.25) is 0 Å². The van der Waals surface area contributed by atoms with E-state index in [2.05, 4.69) is 57.0 Å². The van der Waals surface area contributed by atoms with Crippen LogP contribution in [0, 0.1) is 0 Å². The first-order valence-electron chi connectivity index (χ1n) is 12.8. The predicted molar refractivity (Wildman–Crippen MR) is 135 cm³/mol. The van der Waals surface area contributed by atoms with E-state index < -0.39 is 0 Å². The molecule has 1 aromatic carbocycles. The quantitative estimate of drug-likeness (QED) is 0.475. The molecule has 2 N–H and O–H groups in total. The maximum absolute atomic E-state index is 10.0. The van der Waals surface area contributed by atoms with Crippen LogP contribution in [0.25, 0.3) is 16.6 Å². The summed E-state index contributed by atoms with van der Waals surface area (Å²) in [5.74, 6) is 0.999. The highest BCUT2D eigenvalue weighted by Gasteiger charge is 2.26. The van der Waals surface area contributed by atoms with Crippen molar-refractivity contribution in [2.24, 2.45) is 0 Å². The number of hydrogen-bond acceptors (Lipinski definition) is 6. The SMILES string of the molecule is COCCNc1ncc2c(-c3ccc(C(C)N4CCCC4)cc3)cc(C3CCC(O)CC3)n2n1. The van der Waals surface area contributed by atoms with Gasteiger partial charge in [0, 0.05) is 36.9 Å². The first-order chi connectivity index (χ1) is 16.6. The van der Waals surface area contributed by atoms with Crippen LogP contribution >= 0.6 is 0 Å². The van der Waals surface area contributed by atoms with E-state index in [1.807, 2.05) is 6.20 Å². The number of aromatic nitrogens is 3. The van der Waals surface area contributed by atoms with Crippen molar-refractivity contribution in [1.29, 1.82) is 0 Å². The molecule has 1 aliphatic carbocycles. The van der Waals surface area contributed by atoms with E-state index in [4.69, 9.17) is 9.84 Å². The van der Waals surface area contributed by atoms with Gasteiger partial charge in [-0.05, 0) is 75.7 Å². The van der Waals surface area contributed by atoms with Gasteiger partial charge in [0.25, 0.3) is 0 Å². The summed E-state index contributed by atoms with van der Waals surface area (Å²) in [4.78, 5) is 7.16. The summed E-state index contributed by atoms with van der Waals surface area (Å²) in [6.45, 7) is 5.98. The van der Waals surface area contributed by atoms with E-state index in [0.29, 0.717) is 31.1 Å². The Morgan fingerprint density at radius 1 is 1.12 bits per heavy atom. The molecule has 1 saturated carbocycles. The van der Waals surface area contributed by atoms with Crippen molar-refractivity contribution in [3.8, 4) is 11.1 Å². The lowest BCUT2D eigenvalue weighted by Crippen LogP contribution is -2.23. The van der Waals surface area contributed by atoms with Gasteiger partial charge < -0.3 is 15.2 Å². The van der Waals surface area contributed by atoms with Crippen LogP contribution in [-0.2, 0) is 4.74 Å². The monoisotopic (exact) mass is 463 g/mol. The highest BCUT2D eigenvalue weighted by Crippen LogP contribution is 2.38. The molecule has 0 radical (unpaired) electrons. The summed E-state index contributed by atoms with van der Waals surface area (Å²) < 4.78 is 7.22. The number of methoxy groups -OCH3 is 1. The number of likely N-dealkylation sites (tertiary alicyclic amines) is 1. The maximum Gasteiger partial charge on any atom is 0.241 e. The standard InChI is InChI=1S/C27H37N5O2/c1-19(31-14-3-4-15-31)20-5-7-21(8-6-20)24-17-25(22-9-11-23(33)12-10-22)32-26(24)18-29-27(30-32)28-13-16-34-2/h5-8,17-19,22-23,33H,3-4,9-16H2,1-2H3,(H,28,30). The Hall–Kier alpha value is -2.48. The Bertz CT molecular complexity index is 1080.